The van der Waals surface area contributed by atoms with E-state index in [0.717, 1.165) is 6.54 Å². The summed E-state index contributed by atoms with van der Waals surface area (Å²) in [6.07, 6.45) is 3.69. The van der Waals surface area contributed by atoms with E-state index in [1.54, 1.807) is 0 Å². The Hall–Kier alpha value is -1.20. The van der Waals surface area contributed by atoms with E-state index >= 15 is 0 Å². The maximum absolute atomic E-state index is 3.82. The van der Waals surface area contributed by atoms with E-state index in [2.05, 4.69) is 77.1 Å². The van der Waals surface area contributed by atoms with Crippen LogP contribution < -0.4 is 5.32 Å². The molecule has 3 nitrogen and oxygen atoms in total. The Morgan fingerprint density at radius 1 is 1.12 bits per heavy atom. The van der Waals surface area contributed by atoms with Crippen LogP contribution in [0.5, 0.6) is 0 Å². The van der Waals surface area contributed by atoms with Gasteiger partial charge in [-0.3, -0.25) is 0 Å². The number of rotatable bonds is 8. The monoisotopic (exact) mass is 357 g/mol. The Bertz CT molecular complexity index is 589. The van der Waals surface area contributed by atoms with Crippen LogP contribution in [0.1, 0.15) is 29.3 Å². The molecule has 1 fully saturated rings. The highest BCUT2D eigenvalue weighted by atomic mass is 32.1. The smallest absolute Gasteiger partial charge is 0.0561 e. The molecule has 1 saturated heterocycles. The van der Waals surface area contributed by atoms with Crippen molar-refractivity contribution in [2.75, 3.05) is 40.3 Å². The summed E-state index contributed by atoms with van der Waals surface area (Å²) in [5.41, 5.74) is 1.45. The van der Waals surface area contributed by atoms with Gasteiger partial charge < -0.3 is 15.1 Å². The highest BCUT2D eigenvalue weighted by Gasteiger charge is 2.21. The van der Waals surface area contributed by atoms with Crippen molar-refractivity contribution in [3.63, 3.8) is 0 Å². The summed E-state index contributed by atoms with van der Waals surface area (Å²) in [7, 11) is 4.36. The van der Waals surface area contributed by atoms with Crippen molar-refractivity contribution in [1.29, 1.82) is 0 Å². The third-order valence-corrected chi connectivity index (χ3v) is 6.22. The van der Waals surface area contributed by atoms with E-state index in [0.29, 0.717) is 12.1 Å². The van der Waals surface area contributed by atoms with E-state index in [4.69, 9.17) is 0 Å². The lowest BCUT2D eigenvalue weighted by Gasteiger charge is -2.34. The zero-order chi connectivity index (χ0) is 17.5. The van der Waals surface area contributed by atoms with E-state index in [-0.39, 0.29) is 0 Å². The first-order valence-electron chi connectivity index (χ1n) is 9.42. The minimum atomic E-state index is 0.483. The number of nitrogens with zero attached hydrogens (tertiary/aromatic N) is 2. The molecule has 136 valence electrons. The fourth-order valence-corrected chi connectivity index (χ4v) is 4.51. The summed E-state index contributed by atoms with van der Waals surface area (Å²) in [5, 5.41) is 6.00. The van der Waals surface area contributed by atoms with Gasteiger partial charge in [0, 0.05) is 24.0 Å². The van der Waals surface area contributed by atoms with E-state index in [1.807, 2.05) is 11.3 Å². The molecule has 1 unspecified atom stereocenters. The molecule has 0 spiro atoms. The third kappa shape index (κ3) is 5.65. The van der Waals surface area contributed by atoms with Crippen molar-refractivity contribution in [3.05, 3.63) is 58.3 Å². The first kappa shape index (κ1) is 18.6. The molecular weight excluding hydrogens is 326 g/mol. The summed E-state index contributed by atoms with van der Waals surface area (Å²) < 4.78 is 0. The Labute approximate surface area is 156 Å². The first-order valence-corrected chi connectivity index (χ1v) is 10.3. The molecule has 0 radical (unpaired) electrons. The van der Waals surface area contributed by atoms with Gasteiger partial charge in [-0.15, -0.1) is 11.3 Å². The van der Waals surface area contributed by atoms with Crippen molar-refractivity contribution < 1.29 is 0 Å². The van der Waals surface area contributed by atoms with Crippen LogP contribution in [-0.2, 0) is 6.42 Å². The van der Waals surface area contributed by atoms with Crippen LogP contribution >= 0.6 is 11.3 Å². The molecule has 1 N–H and O–H groups in total. The zero-order valence-electron chi connectivity index (χ0n) is 15.5. The number of likely N-dealkylation sites (N-methyl/N-ethyl adjacent to an activating group) is 1. The minimum Gasteiger partial charge on any atom is -0.312 e. The average Bonchev–Trinajstić information content (AvgIpc) is 3.16. The topological polar surface area (TPSA) is 18.5 Å². The SMILES string of the molecule is CN(C)C(CNC1CCN(CCc2ccccc2)CC1)c1cccs1. The molecule has 3 rings (SSSR count). The lowest BCUT2D eigenvalue weighted by molar-refractivity contribution is 0.190. The summed E-state index contributed by atoms with van der Waals surface area (Å²) in [5.74, 6) is 0. The molecule has 0 amide bonds. The van der Waals surface area contributed by atoms with Gasteiger partial charge in [-0.25, -0.2) is 0 Å². The maximum Gasteiger partial charge on any atom is 0.0561 e. The van der Waals surface area contributed by atoms with Crippen LogP contribution in [0, 0.1) is 0 Å². The number of hydrogen-bond acceptors (Lipinski definition) is 4. The van der Waals surface area contributed by atoms with Crippen LogP contribution in [0.15, 0.2) is 47.8 Å². The van der Waals surface area contributed by atoms with Crippen molar-refractivity contribution in [1.82, 2.24) is 15.1 Å². The van der Waals surface area contributed by atoms with Crippen molar-refractivity contribution in [2.45, 2.75) is 31.3 Å². The molecule has 4 heteroatoms. The predicted molar refractivity (Wildman–Crippen MR) is 108 cm³/mol. The van der Waals surface area contributed by atoms with Crippen LogP contribution in [0.2, 0.25) is 0 Å². The standard InChI is InChI=1S/C21H31N3S/c1-23(2)20(21-9-6-16-25-21)17-22-19-11-14-24(15-12-19)13-10-18-7-4-3-5-8-18/h3-9,16,19-20,22H,10-15,17H2,1-2H3. The molecule has 1 aromatic carbocycles. The largest absolute Gasteiger partial charge is 0.312 e. The molecule has 2 heterocycles. The lowest BCUT2D eigenvalue weighted by atomic mass is 10.0. The molecule has 0 saturated carbocycles. The fraction of sp³-hybridized carbons (Fsp3) is 0.524. The number of benzene rings is 1. The van der Waals surface area contributed by atoms with Crippen LogP contribution in [-0.4, -0.2) is 56.1 Å². The number of hydrogen-bond donors (Lipinski definition) is 1. The van der Waals surface area contributed by atoms with Crippen molar-refractivity contribution in [3.8, 4) is 0 Å². The summed E-state index contributed by atoms with van der Waals surface area (Å²) in [4.78, 5) is 6.40. The van der Waals surface area contributed by atoms with Gasteiger partial charge in [0.2, 0.25) is 0 Å². The third-order valence-electron chi connectivity index (χ3n) is 5.24. The Morgan fingerprint density at radius 2 is 1.88 bits per heavy atom. The predicted octanol–water partition coefficient (Wildman–Crippen LogP) is 3.65. The van der Waals surface area contributed by atoms with Gasteiger partial charge in [0.1, 0.15) is 0 Å². The molecule has 1 aliphatic rings. The van der Waals surface area contributed by atoms with Gasteiger partial charge >= 0.3 is 0 Å². The number of nitrogens with one attached hydrogen (secondary N) is 1. The van der Waals surface area contributed by atoms with Crippen LogP contribution in [0.4, 0.5) is 0 Å². The van der Waals surface area contributed by atoms with Crippen molar-refractivity contribution >= 4 is 11.3 Å². The zero-order valence-corrected chi connectivity index (χ0v) is 16.3. The van der Waals surface area contributed by atoms with Gasteiger partial charge in [0.25, 0.3) is 0 Å². The Balaban J connectivity index is 1.39. The highest BCUT2D eigenvalue weighted by molar-refractivity contribution is 7.10. The highest BCUT2D eigenvalue weighted by Crippen LogP contribution is 2.23. The minimum absolute atomic E-state index is 0.483. The molecule has 2 aromatic rings. The lowest BCUT2D eigenvalue weighted by Crippen LogP contribution is -2.45. The molecule has 1 atom stereocenters. The summed E-state index contributed by atoms with van der Waals surface area (Å²) >= 11 is 1.86. The Morgan fingerprint density at radius 3 is 2.52 bits per heavy atom. The molecule has 25 heavy (non-hydrogen) atoms. The molecule has 0 aliphatic carbocycles. The van der Waals surface area contributed by atoms with E-state index in [1.165, 1.54) is 49.3 Å². The second-order valence-electron chi connectivity index (χ2n) is 7.25. The quantitative estimate of drug-likeness (QED) is 0.778. The Kier molecular flexibility index (Phi) is 7.05. The van der Waals surface area contributed by atoms with Gasteiger partial charge in [-0.2, -0.15) is 0 Å². The fourth-order valence-electron chi connectivity index (χ4n) is 3.59. The molecule has 0 bridgehead atoms. The van der Waals surface area contributed by atoms with Gasteiger partial charge in [0.05, 0.1) is 6.04 Å². The normalized spacial score (nSPS) is 17.9. The number of piperidine rings is 1. The second kappa shape index (κ2) is 9.48. The average molecular weight is 358 g/mol. The first-order chi connectivity index (χ1) is 12.2. The second-order valence-corrected chi connectivity index (χ2v) is 8.23. The van der Waals surface area contributed by atoms with Gasteiger partial charge in [0.15, 0.2) is 0 Å². The van der Waals surface area contributed by atoms with E-state index < -0.39 is 0 Å². The van der Waals surface area contributed by atoms with Crippen LogP contribution in [0.3, 0.4) is 0 Å². The maximum atomic E-state index is 3.82. The van der Waals surface area contributed by atoms with Gasteiger partial charge in [-0.05, 0) is 63.5 Å². The summed E-state index contributed by atoms with van der Waals surface area (Å²) in [6, 6.07) is 16.4. The van der Waals surface area contributed by atoms with Gasteiger partial charge in [-0.1, -0.05) is 36.4 Å². The van der Waals surface area contributed by atoms with Crippen molar-refractivity contribution in [2.24, 2.45) is 0 Å². The van der Waals surface area contributed by atoms with Crippen LogP contribution in [0.25, 0.3) is 0 Å². The number of likely N-dealkylation sites (tertiary alicyclic amines) is 1. The van der Waals surface area contributed by atoms with E-state index in [9.17, 15) is 0 Å². The molecular formula is C21H31N3S. The summed E-state index contributed by atoms with van der Waals surface area (Å²) in [6.45, 7) is 4.67. The number of thiophene rings is 1. The molecule has 1 aliphatic heterocycles. The molecule has 1 aromatic heterocycles.